The Balaban J connectivity index is 1.34. The van der Waals surface area contributed by atoms with Gasteiger partial charge in [-0.2, -0.15) is 0 Å². The Bertz CT molecular complexity index is 768. The fourth-order valence-electron chi connectivity index (χ4n) is 4.57. The zero-order valence-corrected chi connectivity index (χ0v) is 17.1. The summed E-state index contributed by atoms with van der Waals surface area (Å²) in [5.74, 6) is 0.799. The molecule has 2 atom stereocenters. The van der Waals surface area contributed by atoms with Crippen molar-refractivity contribution in [3.05, 3.63) is 66.0 Å². The minimum absolute atomic E-state index is 0.297. The number of likely N-dealkylation sites (tertiary alicyclic amines) is 1. The predicted octanol–water partition coefficient (Wildman–Crippen LogP) is 3.15. The molecule has 1 aromatic heterocycles. The van der Waals surface area contributed by atoms with E-state index in [4.69, 9.17) is 4.74 Å². The van der Waals surface area contributed by atoms with Crippen molar-refractivity contribution in [1.82, 2.24) is 14.8 Å². The number of aromatic nitrogens is 1. The molecule has 154 valence electrons. The quantitative estimate of drug-likeness (QED) is 0.756. The number of hydrogen-bond acceptors (Lipinski definition) is 4. The third-order valence-electron chi connectivity index (χ3n) is 6.21. The number of hydrogen-bond donors (Lipinski definition) is 0. The first-order valence-corrected chi connectivity index (χ1v) is 10.8. The lowest BCUT2D eigenvalue weighted by molar-refractivity contribution is -0.134. The number of carbonyl (C=O) groups is 1. The van der Waals surface area contributed by atoms with Crippen molar-refractivity contribution in [3.63, 3.8) is 0 Å². The van der Waals surface area contributed by atoms with Gasteiger partial charge in [0.05, 0.1) is 13.2 Å². The van der Waals surface area contributed by atoms with Gasteiger partial charge in [-0.15, -0.1) is 0 Å². The molecule has 0 aliphatic carbocycles. The van der Waals surface area contributed by atoms with E-state index in [1.54, 1.807) is 0 Å². The van der Waals surface area contributed by atoms with Crippen molar-refractivity contribution >= 4 is 5.91 Å². The molecule has 0 bridgehead atoms. The second-order valence-corrected chi connectivity index (χ2v) is 8.20. The molecule has 3 heterocycles. The highest BCUT2D eigenvalue weighted by Gasteiger charge is 2.36. The van der Waals surface area contributed by atoms with Gasteiger partial charge in [0.25, 0.3) is 0 Å². The molecule has 5 nitrogen and oxygen atoms in total. The normalized spacial score (nSPS) is 22.7. The average molecular weight is 394 g/mol. The second-order valence-electron chi connectivity index (χ2n) is 8.20. The van der Waals surface area contributed by atoms with Gasteiger partial charge in [0.15, 0.2) is 0 Å². The summed E-state index contributed by atoms with van der Waals surface area (Å²) in [7, 11) is 0. The summed E-state index contributed by atoms with van der Waals surface area (Å²) in [5.41, 5.74) is 2.53. The van der Waals surface area contributed by atoms with Crippen LogP contribution in [0.5, 0.6) is 0 Å². The molecular weight excluding hydrogens is 362 g/mol. The Morgan fingerprint density at radius 2 is 1.97 bits per heavy atom. The number of nitrogens with zero attached hydrogens (tertiary/aromatic N) is 3. The van der Waals surface area contributed by atoms with Crippen LogP contribution in [0.1, 0.15) is 30.4 Å². The number of benzene rings is 1. The lowest BCUT2D eigenvalue weighted by atomic mass is 9.90. The predicted molar refractivity (Wildman–Crippen MR) is 113 cm³/mol. The third-order valence-corrected chi connectivity index (χ3v) is 6.21. The van der Waals surface area contributed by atoms with Crippen LogP contribution in [0.3, 0.4) is 0 Å². The molecule has 4 rings (SSSR count). The van der Waals surface area contributed by atoms with E-state index in [1.807, 2.05) is 24.5 Å². The molecule has 29 heavy (non-hydrogen) atoms. The van der Waals surface area contributed by atoms with Crippen molar-refractivity contribution < 1.29 is 9.53 Å². The van der Waals surface area contributed by atoms with Crippen LogP contribution in [0.15, 0.2) is 54.9 Å². The van der Waals surface area contributed by atoms with Crippen LogP contribution >= 0.6 is 0 Å². The molecule has 2 aliphatic heterocycles. The highest BCUT2D eigenvalue weighted by atomic mass is 16.5. The van der Waals surface area contributed by atoms with Gasteiger partial charge in [0, 0.05) is 57.0 Å². The number of piperidine rings is 1. The Hall–Kier alpha value is -2.24. The maximum absolute atomic E-state index is 12.9. The first-order chi connectivity index (χ1) is 14.3. The van der Waals surface area contributed by atoms with E-state index in [1.165, 1.54) is 11.1 Å². The number of ether oxygens (including phenoxy) is 1. The fourth-order valence-corrected chi connectivity index (χ4v) is 4.57. The monoisotopic (exact) mass is 393 g/mol. The van der Waals surface area contributed by atoms with Gasteiger partial charge >= 0.3 is 0 Å². The molecule has 1 amide bonds. The molecule has 0 spiro atoms. The van der Waals surface area contributed by atoms with E-state index >= 15 is 0 Å². The molecule has 1 aromatic carbocycles. The Kier molecular flexibility index (Phi) is 6.91. The minimum Gasteiger partial charge on any atom is -0.380 e. The first kappa shape index (κ1) is 20.0. The minimum atomic E-state index is 0.297. The molecule has 2 aliphatic rings. The Labute approximate surface area is 173 Å². The van der Waals surface area contributed by atoms with Crippen LogP contribution in [-0.4, -0.2) is 59.6 Å². The maximum atomic E-state index is 12.9. The zero-order valence-electron chi connectivity index (χ0n) is 17.1. The van der Waals surface area contributed by atoms with E-state index < -0.39 is 0 Å². The van der Waals surface area contributed by atoms with E-state index in [9.17, 15) is 4.79 Å². The second kappa shape index (κ2) is 9.99. The lowest BCUT2D eigenvalue weighted by Crippen LogP contribution is -2.54. The number of rotatable bonds is 6. The smallest absolute Gasteiger partial charge is 0.222 e. The third kappa shape index (κ3) is 5.43. The molecule has 2 saturated heterocycles. The Morgan fingerprint density at radius 1 is 1.10 bits per heavy atom. The standard InChI is InChI=1S/C24H31N3O2/c28-24(10-4-8-20-6-2-1-3-7-20)27-13-11-22-19-29-15-14-26(23(22)18-27)17-21-9-5-12-25-16-21/h1-3,5-7,9,12,16,22-23H,4,8,10-11,13-15,17-19H2/t22-,23-/m1/s1. The van der Waals surface area contributed by atoms with Gasteiger partial charge < -0.3 is 9.64 Å². The summed E-state index contributed by atoms with van der Waals surface area (Å²) in [6.45, 7) is 5.02. The molecule has 0 N–H and O–H groups in total. The van der Waals surface area contributed by atoms with Crippen molar-refractivity contribution in [2.75, 3.05) is 32.8 Å². The SMILES string of the molecule is O=C(CCCc1ccccc1)N1CC[C@@H]2COCCN(Cc3cccnc3)[C@@H]2C1. The van der Waals surface area contributed by atoms with Gasteiger partial charge in [0.2, 0.25) is 5.91 Å². The first-order valence-electron chi connectivity index (χ1n) is 10.8. The van der Waals surface area contributed by atoms with Gasteiger partial charge in [0.1, 0.15) is 0 Å². The number of fused-ring (bicyclic) bond motifs is 1. The highest BCUT2D eigenvalue weighted by Crippen LogP contribution is 2.27. The molecule has 0 saturated carbocycles. The fraction of sp³-hybridized carbons (Fsp3) is 0.500. The van der Waals surface area contributed by atoms with Crippen LogP contribution in [0, 0.1) is 5.92 Å². The maximum Gasteiger partial charge on any atom is 0.222 e. The van der Waals surface area contributed by atoms with Crippen LogP contribution in [-0.2, 0) is 22.5 Å². The number of carbonyl (C=O) groups excluding carboxylic acids is 1. The summed E-state index contributed by atoms with van der Waals surface area (Å²) < 4.78 is 5.88. The van der Waals surface area contributed by atoms with Crippen LogP contribution < -0.4 is 0 Å². The summed E-state index contributed by atoms with van der Waals surface area (Å²) in [5, 5.41) is 0. The molecule has 0 radical (unpaired) electrons. The van der Waals surface area contributed by atoms with Gasteiger partial charge in [-0.05, 0) is 36.5 Å². The van der Waals surface area contributed by atoms with Gasteiger partial charge in [-0.25, -0.2) is 0 Å². The molecular formula is C24H31N3O2. The highest BCUT2D eigenvalue weighted by molar-refractivity contribution is 5.76. The van der Waals surface area contributed by atoms with E-state index in [2.05, 4.69) is 45.1 Å². The number of aryl methyl sites for hydroxylation is 1. The summed E-state index contributed by atoms with van der Waals surface area (Å²) in [6.07, 6.45) is 7.29. The van der Waals surface area contributed by atoms with Crippen LogP contribution in [0.25, 0.3) is 0 Å². The number of pyridine rings is 1. The van der Waals surface area contributed by atoms with E-state index in [-0.39, 0.29) is 0 Å². The topological polar surface area (TPSA) is 45.7 Å². The Morgan fingerprint density at radius 3 is 2.79 bits per heavy atom. The lowest BCUT2D eigenvalue weighted by Gasteiger charge is -2.42. The molecule has 5 heteroatoms. The largest absolute Gasteiger partial charge is 0.380 e. The van der Waals surface area contributed by atoms with Crippen LogP contribution in [0.2, 0.25) is 0 Å². The molecule has 2 fully saturated rings. The van der Waals surface area contributed by atoms with Gasteiger partial charge in [-0.3, -0.25) is 14.7 Å². The van der Waals surface area contributed by atoms with E-state index in [0.29, 0.717) is 24.3 Å². The molecule has 0 unspecified atom stereocenters. The summed E-state index contributed by atoms with van der Waals surface area (Å²) in [6, 6.07) is 14.9. The number of amides is 1. The summed E-state index contributed by atoms with van der Waals surface area (Å²) in [4.78, 5) is 21.7. The average Bonchev–Trinajstić information content (AvgIpc) is 2.97. The van der Waals surface area contributed by atoms with Crippen molar-refractivity contribution in [2.45, 2.75) is 38.3 Å². The summed E-state index contributed by atoms with van der Waals surface area (Å²) >= 11 is 0. The van der Waals surface area contributed by atoms with Crippen molar-refractivity contribution in [2.24, 2.45) is 5.92 Å². The van der Waals surface area contributed by atoms with Crippen molar-refractivity contribution in [3.8, 4) is 0 Å². The van der Waals surface area contributed by atoms with Crippen molar-refractivity contribution in [1.29, 1.82) is 0 Å². The van der Waals surface area contributed by atoms with Gasteiger partial charge in [-0.1, -0.05) is 36.4 Å². The van der Waals surface area contributed by atoms with E-state index in [0.717, 1.165) is 58.7 Å². The zero-order chi connectivity index (χ0) is 19.9. The van der Waals surface area contributed by atoms with Crippen LogP contribution in [0.4, 0.5) is 0 Å². The molecule has 2 aromatic rings.